The number of rotatable bonds is 0. The highest BCUT2D eigenvalue weighted by Gasteiger charge is 2.13. The first kappa shape index (κ1) is 11.5. The number of nitrogens with zero attached hydrogens (tertiary/aromatic N) is 1. The third-order valence-electron chi connectivity index (χ3n) is 2.27. The fourth-order valence-electron chi connectivity index (χ4n) is 1.44. The maximum Gasteiger partial charge on any atom is 0.298 e. The SMILES string of the molecule is O=C(C#Cc1ccc(Cl)s1)N1CCNCC1. The number of carbonyl (C=O) groups is 1. The Bertz CT molecular complexity index is 440. The lowest BCUT2D eigenvalue weighted by molar-refractivity contribution is -0.125. The molecular weight excluding hydrogens is 244 g/mol. The van der Waals surface area contributed by atoms with Crippen LogP contribution in [-0.2, 0) is 4.79 Å². The van der Waals surface area contributed by atoms with Crippen LogP contribution in [0.15, 0.2) is 12.1 Å². The summed E-state index contributed by atoms with van der Waals surface area (Å²) in [5.74, 6) is 5.37. The molecule has 0 bridgehead atoms. The summed E-state index contributed by atoms with van der Waals surface area (Å²) in [6.45, 7) is 3.16. The molecule has 84 valence electrons. The lowest BCUT2D eigenvalue weighted by atomic mass is 10.3. The number of amides is 1. The zero-order chi connectivity index (χ0) is 11.4. The summed E-state index contributed by atoms with van der Waals surface area (Å²) < 4.78 is 0.693. The maximum atomic E-state index is 11.7. The Morgan fingerprint density at radius 1 is 1.44 bits per heavy atom. The van der Waals surface area contributed by atoms with E-state index >= 15 is 0 Å². The summed E-state index contributed by atoms with van der Waals surface area (Å²) in [4.78, 5) is 14.3. The first-order chi connectivity index (χ1) is 7.75. The van der Waals surface area contributed by atoms with Gasteiger partial charge in [-0.1, -0.05) is 11.6 Å². The third kappa shape index (κ3) is 2.99. The molecule has 1 aromatic heterocycles. The highest BCUT2D eigenvalue weighted by atomic mass is 35.5. The van der Waals surface area contributed by atoms with Crippen molar-refractivity contribution in [1.82, 2.24) is 10.2 Å². The standard InChI is InChI=1S/C11H11ClN2OS/c12-10-3-1-9(16-10)2-4-11(15)14-7-5-13-6-8-14/h1,3,13H,5-8H2. The van der Waals surface area contributed by atoms with E-state index in [1.54, 1.807) is 11.0 Å². The summed E-state index contributed by atoms with van der Waals surface area (Å²) in [7, 11) is 0. The van der Waals surface area contributed by atoms with Crippen LogP contribution >= 0.6 is 22.9 Å². The second-order valence-corrected chi connectivity index (χ2v) is 5.11. The van der Waals surface area contributed by atoms with Gasteiger partial charge in [-0.3, -0.25) is 4.79 Å². The zero-order valence-corrected chi connectivity index (χ0v) is 10.2. The summed E-state index contributed by atoms with van der Waals surface area (Å²) >= 11 is 7.16. The minimum absolute atomic E-state index is 0.106. The Labute approximate surface area is 103 Å². The molecule has 0 aliphatic carbocycles. The lowest BCUT2D eigenvalue weighted by Gasteiger charge is -2.25. The number of piperazine rings is 1. The molecule has 16 heavy (non-hydrogen) atoms. The van der Waals surface area contributed by atoms with Gasteiger partial charge in [-0.25, -0.2) is 0 Å². The molecule has 0 unspecified atom stereocenters. The minimum atomic E-state index is -0.106. The van der Waals surface area contributed by atoms with E-state index in [-0.39, 0.29) is 5.91 Å². The van der Waals surface area contributed by atoms with E-state index in [1.165, 1.54) is 11.3 Å². The summed E-state index contributed by atoms with van der Waals surface area (Å²) in [5.41, 5.74) is 0. The molecule has 0 radical (unpaired) electrons. The zero-order valence-electron chi connectivity index (χ0n) is 8.62. The Balaban J connectivity index is 1.98. The molecule has 0 atom stereocenters. The van der Waals surface area contributed by atoms with E-state index in [2.05, 4.69) is 17.2 Å². The monoisotopic (exact) mass is 254 g/mol. The van der Waals surface area contributed by atoms with Crippen LogP contribution in [0.25, 0.3) is 0 Å². The molecule has 0 spiro atoms. The van der Waals surface area contributed by atoms with Crippen molar-refractivity contribution < 1.29 is 4.79 Å². The number of hydrogen-bond acceptors (Lipinski definition) is 3. The number of halogens is 1. The van der Waals surface area contributed by atoms with Gasteiger partial charge in [0.25, 0.3) is 5.91 Å². The smallest absolute Gasteiger partial charge is 0.298 e. The average molecular weight is 255 g/mol. The van der Waals surface area contributed by atoms with Crippen LogP contribution < -0.4 is 5.32 Å². The van der Waals surface area contributed by atoms with Gasteiger partial charge in [0, 0.05) is 32.1 Å². The Morgan fingerprint density at radius 3 is 2.81 bits per heavy atom. The second-order valence-electron chi connectivity index (χ2n) is 3.40. The summed E-state index contributed by atoms with van der Waals surface area (Å²) in [6, 6.07) is 3.61. The maximum absolute atomic E-state index is 11.7. The van der Waals surface area contributed by atoms with Gasteiger partial charge in [0.05, 0.1) is 9.21 Å². The van der Waals surface area contributed by atoms with Crippen LogP contribution in [0.4, 0.5) is 0 Å². The lowest BCUT2D eigenvalue weighted by Crippen LogP contribution is -2.46. The molecular formula is C11H11ClN2OS. The van der Waals surface area contributed by atoms with Gasteiger partial charge in [-0.15, -0.1) is 11.3 Å². The van der Waals surface area contributed by atoms with Crippen molar-refractivity contribution in [3.63, 3.8) is 0 Å². The van der Waals surface area contributed by atoms with Gasteiger partial charge in [0.1, 0.15) is 0 Å². The van der Waals surface area contributed by atoms with Crippen LogP contribution in [0.1, 0.15) is 4.88 Å². The van der Waals surface area contributed by atoms with Crippen molar-refractivity contribution in [1.29, 1.82) is 0 Å². The van der Waals surface area contributed by atoms with Gasteiger partial charge in [-0.2, -0.15) is 0 Å². The van der Waals surface area contributed by atoms with E-state index in [4.69, 9.17) is 11.6 Å². The largest absolute Gasteiger partial charge is 0.329 e. The van der Waals surface area contributed by atoms with Gasteiger partial charge in [0.2, 0.25) is 0 Å². The van der Waals surface area contributed by atoms with Crippen molar-refractivity contribution in [2.45, 2.75) is 0 Å². The van der Waals surface area contributed by atoms with Crippen molar-refractivity contribution in [3.8, 4) is 11.8 Å². The molecule has 1 fully saturated rings. The first-order valence-electron chi connectivity index (χ1n) is 5.03. The van der Waals surface area contributed by atoms with E-state index in [9.17, 15) is 4.79 Å². The Hall–Kier alpha value is -1.02. The molecule has 5 heteroatoms. The predicted molar refractivity (Wildman–Crippen MR) is 65.7 cm³/mol. The average Bonchev–Trinajstić information content (AvgIpc) is 2.73. The van der Waals surface area contributed by atoms with Gasteiger partial charge >= 0.3 is 0 Å². The molecule has 1 aromatic rings. The minimum Gasteiger partial charge on any atom is -0.329 e. The quantitative estimate of drug-likeness (QED) is 0.706. The summed E-state index contributed by atoms with van der Waals surface area (Å²) in [5, 5.41) is 3.19. The van der Waals surface area contributed by atoms with E-state index in [1.807, 2.05) is 6.07 Å². The molecule has 2 heterocycles. The van der Waals surface area contributed by atoms with Crippen LogP contribution in [0.2, 0.25) is 4.34 Å². The van der Waals surface area contributed by atoms with E-state index in [0.29, 0.717) is 4.34 Å². The van der Waals surface area contributed by atoms with Crippen molar-refractivity contribution >= 4 is 28.8 Å². The topological polar surface area (TPSA) is 32.3 Å². The molecule has 3 nitrogen and oxygen atoms in total. The fourth-order valence-corrected chi connectivity index (χ4v) is 2.34. The molecule has 1 N–H and O–H groups in total. The number of thiophene rings is 1. The Kier molecular flexibility index (Phi) is 3.83. The predicted octanol–water partition coefficient (Wildman–Crippen LogP) is 1.18. The molecule has 1 aliphatic heterocycles. The van der Waals surface area contributed by atoms with Crippen LogP contribution in [0.3, 0.4) is 0 Å². The number of carbonyl (C=O) groups excluding carboxylic acids is 1. The van der Waals surface area contributed by atoms with Crippen LogP contribution in [0, 0.1) is 11.8 Å². The van der Waals surface area contributed by atoms with Gasteiger partial charge in [-0.05, 0) is 18.1 Å². The fraction of sp³-hybridized carbons (Fsp3) is 0.364. The number of hydrogen-bond donors (Lipinski definition) is 1. The molecule has 0 saturated carbocycles. The molecule has 1 saturated heterocycles. The first-order valence-corrected chi connectivity index (χ1v) is 6.22. The Morgan fingerprint density at radius 2 is 2.19 bits per heavy atom. The number of nitrogens with one attached hydrogen (secondary N) is 1. The summed E-state index contributed by atoms with van der Waals surface area (Å²) in [6.07, 6.45) is 0. The van der Waals surface area contributed by atoms with Crippen LogP contribution in [-0.4, -0.2) is 37.0 Å². The molecule has 0 aromatic carbocycles. The highest BCUT2D eigenvalue weighted by Crippen LogP contribution is 2.20. The van der Waals surface area contributed by atoms with E-state index in [0.717, 1.165) is 31.1 Å². The highest BCUT2D eigenvalue weighted by molar-refractivity contribution is 7.16. The van der Waals surface area contributed by atoms with Gasteiger partial charge in [0.15, 0.2) is 0 Å². The molecule has 2 rings (SSSR count). The van der Waals surface area contributed by atoms with Crippen molar-refractivity contribution in [2.24, 2.45) is 0 Å². The van der Waals surface area contributed by atoms with E-state index < -0.39 is 0 Å². The molecule has 1 amide bonds. The van der Waals surface area contributed by atoms with Crippen LogP contribution in [0.5, 0.6) is 0 Å². The molecule has 1 aliphatic rings. The van der Waals surface area contributed by atoms with Gasteiger partial charge < -0.3 is 10.2 Å². The third-order valence-corrected chi connectivity index (χ3v) is 3.42. The van der Waals surface area contributed by atoms with Crippen molar-refractivity contribution in [3.05, 3.63) is 21.3 Å². The van der Waals surface area contributed by atoms with Crippen molar-refractivity contribution in [2.75, 3.05) is 26.2 Å². The normalized spacial score (nSPS) is 15.4. The second kappa shape index (κ2) is 5.35.